The van der Waals surface area contributed by atoms with Crippen molar-refractivity contribution in [3.63, 3.8) is 0 Å². The monoisotopic (exact) mass is 524 g/mol. The van der Waals surface area contributed by atoms with Gasteiger partial charge in [0.1, 0.15) is 5.82 Å². The molecule has 3 nitrogen and oxygen atoms in total. The summed E-state index contributed by atoms with van der Waals surface area (Å²) < 4.78 is 0.271. The summed E-state index contributed by atoms with van der Waals surface area (Å²) in [5, 5.41) is 0. The number of unbranched alkanes of at least 4 members (excludes halogenated alkanes) is 2. The molecular weight excluding hydrogens is 495 g/mol. The van der Waals surface area contributed by atoms with E-state index in [1.807, 2.05) is 22.6 Å². The molecule has 2 heterocycles. The minimum Gasteiger partial charge on any atom is -0.356 e. The normalized spacial score (nSPS) is 15.5. The number of hydrogen-bond donors (Lipinski definition) is 0. The van der Waals surface area contributed by atoms with Gasteiger partial charge >= 0.3 is 0 Å². The third-order valence-corrected chi connectivity index (χ3v) is 6.79. The molecule has 1 aromatic heterocycles. The molecule has 3 aromatic rings. The average molecular weight is 524 g/mol. The number of nitrogens with zero attached hydrogens (tertiary/aromatic N) is 2. The van der Waals surface area contributed by atoms with E-state index in [1.165, 1.54) is 23.1 Å². The SMILES string of the molecule is CN1c2nc(-c3ccccc3)c(-c3ccccc3)cc2CCC1CCCCCC(=O)I. The molecule has 1 aliphatic heterocycles. The third-order valence-electron chi connectivity index (χ3n) is 6.25. The first-order valence-electron chi connectivity index (χ1n) is 11.2. The molecule has 0 amide bonds. The summed E-state index contributed by atoms with van der Waals surface area (Å²) in [5.74, 6) is 1.12. The van der Waals surface area contributed by atoms with Crippen molar-refractivity contribution in [1.29, 1.82) is 0 Å². The van der Waals surface area contributed by atoms with Gasteiger partial charge in [-0.3, -0.25) is 4.79 Å². The van der Waals surface area contributed by atoms with Crippen LogP contribution in [0.3, 0.4) is 0 Å². The van der Waals surface area contributed by atoms with E-state index in [4.69, 9.17) is 4.98 Å². The lowest BCUT2D eigenvalue weighted by Gasteiger charge is -2.36. The van der Waals surface area contributed by atoms with E-state index in [-0.39, 0.29) is 3.79 Å². The van der Waals surface area contributed by atoms with Gasteiger partial charge in [-0.15, -0.1) is 0 Å². The smallest absolute Gasteiger partial charge is 0.192 e. The van der Waals surface area contributed by atoms with E-state index < -0.39 is 0 Å². The Morgan fingerprint density at radius 2 is 1.68 bits per heavy atom. The summed E-state index contributed by atoms with van der Waals surface area (Å²) in [6.45, 7) is 0. The Kier molecular flexibility index (Phi) is 7.38. The maximum Gasteiger partial charge on any atom is 0.192 e. The van der Waals surface area contributed by atoms with Crippen LogP contribution in [0.15, 0.2) is 66.7 Å². The summed E-state index contributed by atoms with van der Waals surface area (Å²) in [7, 11) is 2.20. The molecule has 4 rings (SSSR count). The van der Waals surface area contributed by atoms with Gasteiger partial charge in [0, 0.05) is 30.6 Å². The van der Waals surface area contributed by atoms with Crippen LogP contribution in [0, 0.1) is 0 Å². The summed E-state index contributed by atoms with van der Waals surface area (Å²) in [6, 6.07) is 24.0. The Hall–Kier alpha value is -2.21. The van der Waals surface area contributed by atoms with Crippen molar-refractivity contribution in [3.05, 3.63) is 72.3 Å². The summed E-state index contributed by atoms with van der Waals surface area (Å²) in [5.41, 5.74) is 5.97. The zero-order valence-corrected chi connectivity index (χ0v) is 20.2. The van der Waals surface area contributed by atoms with Crippen molar-refractivity contribution in [2.45, 2.75) is 51.0 Å². The van der Waals surface area contributed by atoms with Crippen LogP contribution in [0.4, 0.5) is 5.82 Å². The molecule has 31 heavy (non-hydrogen) atoms. The summed E-state index contributed by atoms with van der Waals surface area (Å²) in [6.07, 6.45) is 7.39. The van der Waals surface area contributed by atoms with Gasteiger partial charge in [-0.1, -0.05) is 73.5 Å². The van der Waals surface area contributed by atoms with E-state index in [0.29, 0.717) is 12.5 Å². The topological polar surface area (TPSA) is 33.2 Å². The number of aromatic nitrogens is 1. The molecule has 160 valence electrons. The Balaban J connectivity index is 1.61. The maximum atomic E-state index is 11.1. The second-order valence-electron chi connectivity index (χ2n) is 8.36. The zero-order chi connectivity index (χ0) is 21.6. The van der Waals surface area contributed by atoms with Crippen molar-refractivity contribution >= 4 is 32.2 Å². The molecule has 2 aromatic carbocycles. The minimum absolute atomic E-state index is 0.271. The van der Waals surface area contributed by atoms with Gasteiger partial charge in [0.05, 0.1) is 5.69 Å². The van der Waals surface area contributed by atoms with Crippen LogP contribution < -0.4 is 4.90 Å². The van der Waals surface area contributed by atoms with Gasteiger partial charge in [-0.25, -0.2) is 4.98 Å². The largest absolute Gasteiger partial charge is 0.356 e. The molecule has 0 saturated carbocycles. The van der Waals surface area contributed by atoms with E-state index >= 15 is 0 Å². The standard InChI is InChI=1S/C27H29IN2O/c1-30-23(15-9-4-10-16-25(28)31)18-17-22-19-24(20-11-5-2-6-12-20)26(29-27(22)30)21-13-7-3-8-14-21/h2-3,5-8,11-14,19,23H,4,9-10,15-18H2,1H3. The molecule has 0 spiro atoms. The fourth-order valence-electron chi connectivity index (χ4n) is 4.54. The molecule has 0 fully saturated rings. The van der Waals surface area contributed by atoms with Crippen molar-refractivity contribution < 1.29 is 4.79 Å². The van der Waals surface area contributed by atoms with E-state index in [1.54, 1.807) is 0 Å². The van der Waals surface area contributed by atoms with E-state index in [2.05, 4.69) is 78.7 Å². The van der Waals surface area contributed by atoms with E-state index in [0.717, 1.165) is 49.2 Å². The van der Waals surface area contributed by atoms with Crippen LogP contribution in [0.5, 0.6) is 0 Å². The van der Waals surface area contributed by atoms with Gasteiger partial charge < -0.3 is 4.90 Å². The number of carbonyl (C=O) groups excluding carboxylic acids is 1. The Labute approximate surface area is 199 Å². The van der Waals surface area contributed by atoms with Gasteiger partial charge in [0.25, 0.3) is 0 Å². The van der Waals surface area contributed by atoms with E-state index in [9.17, 15) is 4.79 Å². The highest BCUT2D eigenvalue weighted by atomic mass is 127. The molecule has 0 saturated heterocycles. The van der Waals surface area contributed by atoms with Crippen LogP contribution in [0.1, 0.15) is 44.1 Å². The molecule has 0 bridgehead atoms. The van der Waals surface area contributed by atoms with Gasteiger partial charge in [-0.05, 0) is 65.5 Å². The van der Waals surface area contributed by atoms with Crippen LogP contribution in [0.25, 0.3) is 22.4 Å². The van der Waals surface area contributed by atoms with Gasteiger partial charge in [0.15, 0.2) is 3.79 Å². The highest BCUT2D eigenvalue weighted by molar-refractivity contribution is 14.1. The number of fused-ring (bicyclic) bond motifs is 1. The number of hydrogen-bond acceptors (Lipinski definition) is 3. The number of carbonyl (C=O) groups is 1. The van der Waals surface area contributed by atoms with Crippen molar-refractivity contribution in [1.82, 2.24) is 4.98 Å². The number of aryl methyl sites for hydroxylation is 1. The van der Waals surface area contributed by atoms with Crippen molar-refractivity contribution in [2.75, 3.05) is 11.9 Å². The summed E-state index contributed by atoms with van der Waals surface area (Å²) >= 11 is 1.90. The second-order valence-corrected chi connectivity index (χ2v) is 9.56. The Morgan fingerprint density at radius 1 is 1.00 bits per heavy atom. The lowest BCUT2D eigenvalue weighted by atomic mass is 9.91. The predicted octanol–water partition coefficient (Wildman–Crippen LogP) is 7.08. The second kappa shape index (κ2) is 10.4. The first kappa shape index (κ1) is 22.0. The van der Waals surface area contributed by atoms with Crippen molar-refractivity contribution in [2.24, 2.45) is 0 Å². The summed E-state index contributed by atoms with van der Waals surface area (Å²) in [4.78, 5) is 18.8. The lowest BCUT2D eigenvalue weighted by molar-refractivity contribution is -0.109. The van der Waals surface area contributed by atoms with Crippen molar-refractivity contribution in [3.8, 4) is 22.4 Å². The van der Waals surface area contributed by atoms with Gasteiger partial charge in [-0.2, -0.15) is 0 Å². The molecule has 1 atom stereocenters. The predicted molar refractivity (Wildman–Crippen MR) is 138 cm³/mol. The number of halogens is 1. The molecule has 0 radical (unpaired) electrons. The van der Waals surface area contributed by atoms with Crippen LogP contribution in [0.2, 0.25) is 0 Å². The number of rotatable bonds is 8. The van der Waals surface area contributed by atoms with Crippen LogP contribution in [-0.4, -0.2) is 21.9 Å². The molecule has 1 unspecified atom stereocenters. The van der Waals surface area contributed by atoms with Crippen LogP contribution >= 0.6 is 22.6 Å². The molecule has 4 heteroatoms. The molecular formula is C27H29IN2O. The Morgan fingerprint density at radius 3 is 2.35 bits per heavy atom. The average Bonchev–Trinajstić information content (AvgIpc) is 2.80. The molecule has 0 aliphatic carbocycles. The first-order valence-corrected chi connectivity index (χ1v) is 12.3. The first-order chi connectivity index (χ1) is 15.1. The highest BCUT2D eigenvalue weighted by Gasteiger charge is 2.26. The number of anilines is 1. The Bertz CT molecular complexity index is 1020. The molecule has 0 N–H and O–H groups in total. The zero-order valence-electron chi connectivity index (χ0n) is 18.1. The fraction of sp³-hybridized carbons (Fsp3) is 0.333. The molecule has 1 aliphatic rings. The highest BCUT2D eigenvalue weighted by Crippen LogP contribution is 2.38. The van der Waals surface area contributed by atoms with Gasteiger partial charge in [0.2, 0.25) is 0 Å². The lowest BCUT2D eigenvalue weighted by Crippen LogP contribution is -2.37. The number of benzene rings is 2. The number of pyridine rings is 1. The maximum absolute atomic E-state index is 11.1. The van der Waals surface area contributed by atoms with Crippen LogP contribution in [-0.2, 0) is 11.2 Å². The quantitative estimate of drug-likeness (QED) is 0.179. The third kappa shape index (κ3) is 5.35. The minimum atomic E-state index is 0.271. The fourth-order valence-corrected chi connectivity index (χ4v) is 4.92.